The van der Waals surface area contributed by atoms with Crippen LogP contribution < -0.4 is 0 Å². The Morgan fingerprint density at radius 1 is 0.529 bits per heavy atom. The van der Waals surface area contributed by atoms with Gasteiger partial charge in [-0.2, -0.15) is 0 Å². The summed E-state index contributed by atoms with van der Waals surface area (Å²) in [6.07, 6.45) is 24.0. The molecular weight excluding hydrogens is 204 g/mol. The van der Waals surface area contributed by atoms with E-state index in [4.69, 9.17) is 0 Å². The molecule has 0 heteroatoms. The zero-order valence-electron chi connectivity index (χ0n) is 12.1. The first-order chi connectivity index (χ1) is 8.41. The van der Waals surface area contributed by atoms with Crippen LogP contribution >= 0.6 is 0 Å². The second-order valence-corrected chi connectivity index (χ2v) is 4.91. The largest absolute Gasteiger partial charge is 0.0845 e. The molecule has 100 valence electrons. The molecule has 0 saturated carbocycles. The highest BCUT2D eigenvalue weighted by atomic mass is 13.9. The Labute approximate surface area is 109 Å². The van der Waals surface area contributed by atoms with Crippen molar-refractivity contribution in [1.29, 1.82) is 0 Å². The first kappa shape index (κ1) is 16.5. The maximum Gasteiger partial charge on any atom is -0.0348 e. The van der Waals surface area contributed by atoms with Crippen molar-refractivity contribution in [2.75, 3.05) is 0 Å². The average molecular weight is 236 g/mol. The molecule has 0 saturated heterocycles. The SMILES string of the molecule is CCCC/C=C\C=C\CCCCCCCCC. The monoisotopic (exact) mass is 236 g/mol. The average Bonchev–Trinajstić information content (AvgIpc) is 2.35. The van der Waals surface area contributed by atoms with Gasteiger partial charge in [-0.3, -0.25) is 0 Å². The lowest BCUT2D eigenvalue weighted by atomic mass is 10.1. The molecule has 0 radical (unpaired) electrons. The van der Waals surface area contributed by atoms with Gasteiger partial charge in [0.05, 0.1) is 0 Å². The van der Waals surface area contributed by atoms with E-state index in [9.17, 15) is 0 Å². The zero-order chi connectivity index (χ0) is 12.6. The highest BCUT2D eigenvalue weighted by molar-refractivity contribution is 5.02. The Hall–Kier alpha value is -0.520. The Kier molecular flexibility index (Phi) is 15.0. The summed E-state index contributed by atoms with van der Waals surface area (Å²) in [6.45, 7) is 4.52. The molecule has 0 bridgehead atoms. The lowest BCUT2D eigenvalue weighted by Gasteiger charge is -1.98. The summed E-state index contributed by atoms with van der Waals surface area (Å²) in [4.78, 5) is 0. The van der Waals surface area contributed by atoms with E-state index in [1.807, 2.05) is 0 Å². The molecule has 0 fully saturated rings. The number of hydrogen-bond donors (Lipinski definition) is 0. The number of unbranched alkanes of at least 4 members (excludes halogenated alkanes) is 9. The summed E-state index contributed by atoms with van der Waals surface area (Å²) in [5, 5.41) is 0. The van der Waals surface area contributed by atoms with Gasteiger partial charge in [0, 0.05) is 0 Å². The predicted octanol–water partition coefficient (Wildman–Crippen LogP) is 6.43. The van der Waals surface area contributed by atoms with Gasteiger partial charge in [0.1, 0.15) is 0 Å². The number of hydrogen-bond acceptors (Lipinski definition) is 0. The number of allylic oxidation sites excluding steroid dienone is 4. The van der Waals surface area contributed by atoms with Gasteiger partial charge in [-0.25, -0.2) is 0 Å². The minimum absolute atomic E-state index is 1.23. The van der Waals surface area contributed by atoms with Crippen LogP contribution in [0.15, 0.2) is 24.3 Å². The lowest BCUT2D eigenvalue weighted by Crippen LogP contribution is -1.78. The minimum atomic E-state index is 1.23. The second-order valence-electron chi connectivity index (χ2n) is 4.91. The van der Waals surface area contributed by atoms with Crippen LogP contribution in [-0.2, 0) is 0 Å². The van der Waals surface area contributed by atoms with Crippen molar-refractivity contribution in [3.05, 3.63) is 24.3 Å². The van der Waals surface area contributed by atoms with Crippen LogP contribution in [0, 0.1) is 0 Å². The van der Waals surface area contributed by atoms with Crippen molar-refractivity contribution in [3.8, 4) is 0 Å². The minimum Gasteiger partial charge on any atom is -0.0845 e. The van der Waals surface area contributed by atoms with Crippen molar-refractivity contribution in [2.45, 2.75) is 84.5 Å². The van der Waals surface area contributed by atoms with E-state index in [0.717, 1.165) is 0 Å². The van der Waals surface area contributed by atoms with E-state index in [0.29, 0.717) is 0 Å². The molecule has 0 aromatic carbocycles. The summed E-state index contributed by atoms with van der Waals surface area (Å²) in [7, 11) is 0. The lowest BCUT2D eigenvalue weighted by molar-refractivity contribution is 0.592. The smallest absolute Gasteiger partial charge is 0.0348 e. The van der Waals surface area contributed by atoms with Crippen LogP contribution in [0.3, 0.4) is 0 Å². The molecule has 0 amide bonds. The van der Waals surface area contributed by atoms with Gasteiger partial charge in [-0.1, -0.05) is 89.5 Å². The van der Waals surface area contributed by atoms with Gasteiger partial charge in [0.2, 0.25) is 0 Å². The van der Waals surface area contributed by atoms with Gasteiger partial charge in [0.25, 0.3) is 0 Å². The van der Waals surface area contributed by atoms with Crippen molar-refractivity contribution < 1.29 is 0 Å². The molecule has 17 heavy (non-hydrogen) atoms. The molecule has 0 aromatic rings. The fourth-order valence-corrected chi connectivity index (χ4v) is 1.89. The molecule has 0 rings (SSSR count). The van der Waals surface area contributed by atoms with Crippen LogP contribution in [0.5, 0.6) is 0 Å². The Bertz CT molecular complexity index is 176. The molecule has 0 heterocycles. The molecule has 0 aliphatic rings. The van der Waals surface area contributed by atoms with E-state index in [1.165, 1.54) is 70.6 Å². The van der Waals surface area contributed by atoms with Crippen molar-refractivity contribution in [1.82, 2.24) is 0 Å². The standard InChI is InChI=1S/C17H32/c1-3-5-7-9-11-13-15-17-16-14-12-10-8-6-4-2/h9,11,13,15H,3-8,10,12,14,16-17H2,1-2H3/b11-9-,15-13+. The summed E-state index contributed by atoms with van der Waals surface area (Å²) < 4.78 is 0. The van der Waals surface area contributed by atoms with E-state index >= 15 is 0 Å². The summed E-state index contributed by atoms with van der Waals surface area (Å²) in [5.41, 5.74) is 0. The third-order valence-electron chi connectivity index (χ3n) is 3.08. The van der Waals surface area contributed by atoms with E-state index in [-0.39, 0.29) is 0 Å². The maximum absolute atomic E-state index is 2.31. The predicted molar refractivity (Wildman–Crippen MR) is 80.4 cm³/mol. The second kappa shape index (κ2) is 15.5. The zero-order valence-corrected chi connectivity index (χ0v) is 12.1. The topological polar surface area (TPSA) is 0 Å². The summed E-state index contributed by atoms with van der Waals surface area (Å²) in [6, 6.07) is 0. The highest BCUT2D eigenvalue weighted by Crippen LogP contribution is 2.08. The molecule has 0 aromatic heterocycles. The Morgan fingerprint density at radius 3 is 1.59 bits per heavy atom. The van der Waals surface area contributed by atoms with E-state index < -0.39 is 0 Å². The van der Waals surface area contributed by atoms with Crippen LogP contribution in [0.25, 0.3) is 0 Å². The highest BCUT2D eigenvalue weighted by Gasteiger charge is 1.88. The van der Waals surface area contributed by atoms with Crippen molar-refractivity contribution in [2.24, 2.45) is 0 Å². The first-order valence-electron chi connectivity index (χ1n) is 7.73. The molecule has 0 unspecified atom stereocenters. The fourth-order valence-electron chi connectivity index (χ4n) is 1.89. The first-order valence-corrected chi connectivity index (χ1v) is 7.73. The van der Waals surface area contributed by atoms with Gasteiger partial charge < -0.3 is 0 Å². The Balaban J connectivity index is 3.11. The van der Waals surface area contributed by atoms with Gasteiger partial charge in [0.15, 0.2) is 0 Å². The van der Waals surface area contributed by atoms with E-state index in [2.05, 4.69) is 38.2 Å². The summed E-state index contributed by atoms with van der Waals surface area (Å²) >= 11 is 0. The normalized spacial score (nSPS) is 11.9. The third kappa shape index (κ3) is 15.5. The molecule has 0 aliphatic carbocycles. The molecule has 0 N–H and O–H groups in total. The van der Waals surface area contributed by atoms with Gasteiger partial charge in [-0.05, 0) is 19.3 Å². The van der Waals surface area contributed by atoms with Crippen LogP contribution in [0.4, 0.5) is 0 Å². The number of rotatable bonds is 12. The Morgan fingerprint density at radius 2 is 1.00 bits per heavy atom. The summed E-state index contributed by atoms with van der Waals surface area (Å²) in [5.74, 6) is 0. The molecular formula is C17H32. The van der Waals surface area contributed by atoms with Crippen molar-refractivity contribution >= 4 is 0 Å². The molecule has 0 nitrogen and oxygen atoms in total. The van der Waals surface area contributed by atoms with Crippen LogP contribution in [-0.4, -0.2) is 0 Å². The molecule has 0 spiro atoms. The molecule has 0 atom stereocenters. The quantitative estimate of drug-likeness (QED) is 0.270. The van der Waals surface area contributed by atoms with Crippen LogP contribution in [0.1, 0.15) is 84.5 Å². The van der Waals surface area contributed by atoms with Crippen LogP contribution in [0.2, 0.25) is 0 Å². The van der Waals surface area contributed by atoms with E-state index in [1.54, 1.807) is 0 Å². The third-order valence-corrected chi connectivity index (χ3v) is 3.08. The maximum atomic E-state index is 2.31. The van der Waals surface area contributed by atoms with Gasteiger partial charge in [-0.15, -0.1) is 0 Å². The van der Waals surface area contributed by atoms with Crippen molar-refractivity contribution in [3.63, 3.8) is 0 Å². The van der Waals surface area contributed by atoms with Gasteiger partial charge >= 0.3 is 0 Å². The molecule has 0 aliphatic heterocycles. The fraction of sp³-hybridized carbons (Fsp3) is 0.765.